The van der Waals surface area contributed by atoms with Crippen LogP contribution in [0.2, 0.25) is 0 Å². The van der Waals surface area contributed by atoms with Crippen molar-refractivity contribution < 1.29 is 4.74 Å². The summed E-state index contributed by atoms with van der Waals surface area (Å²) in [6.07, 6.45) is 0.908. The highest BCUT2D eigenvalue weighted by atomic mass is 16.5. The molecule has 20 heavy (non-hydrogen) atoms. The number of hydrogen-bond acceptors (Lipinski definition) is 3. The number of rotatable bonds is 7. The standard InChI is InChI=1S/C17H26N2O/c1-6-16(4,5)20-13-17(12-18,19-14(2)3)15-10-8-7-9-11-15/h7-11,14,19H,6,13H2,1-5H3. The maximum absolute atomic E-state index is 9.76. The molecule has 0 amide bonds. The van der Waals surface area contributed by atoms with Crippen LogP contribution in [0.5, 0.6) is 0 Å². The van der Waals surface area contributed by atoms with Crippen molar-refractivity contribution in [3.63, 3.8) is 0 Å². The Morgan fingerprint density at radius 3 is 2.30 bits per heavy atom. The van der Waals surface area contributed by atoms with Crippen LogP contribution >= 0.6 is 0 Å². The highest BCUT2D eigenvalue weighted by Gasteiger charge is 2.35. The highest BCUT2D eigenvalue weighted by molar-refractivity contribution is 5.31. The van der Waals surface area contributed by atoms with Gasteiger partial charge in [-0.15, -0.1) is 0 Å². The van der Waals surface area contributed by atoms with Crippen molar-refractivity contribution in [3.05, 3.63) is 35.9 Å². The van der Waals surface area contributed by atoms with E-state index in [9.17, 15) is 5.26 Å². The Balaban J connectivity index is 3.05. The van der Waals surface area contributed by atoms with Crippen molar-refractivity contribution in [1.82, 2.24) is 5.32 Å². The minimum absolute atomic E-state index is 0.197. The first-order valence-electron chi connectivity index (χ1n) is 7.23. The molecule has 0 saturated heterocycles. The van der Waals surface area contributed by atoms with Gasteiger partial charge in [0.15, 0.2) is 5.54 Å². The summed E-state index contributed by atoms with van der Waals surface area (Å²) < 4.78 is 6.01. The van der Waals surface area contributed by atoms with Gasteiger partial charge >= 0.3 is 0 Å². The fourth-order valence-corrected chi connectivity index (χ4v) is 1.96. The first-order valence-corrected chi connectivity index (χ1v) is 7.23. The summed E-state index contributed by atoms with van der Waals surface area (Å²) in [6.45, 7) is 10.6. The third-order valence-corrected chi connectivity index (χ3v) is 3.52. The summed E-state index contributed by atoms with van der Waals surface area (Å²) >= 11 is 0. The lowest BCUT2D eigenvalue weighted by Gasteiger charge is -2.34. The minimum atomic E-state index is -0.804. The van der Waals surface area contributed by atoms with Gasteiger partial charge in [0.05, 0.1) is 18.3 Å². The van der Waals surface area contributed by atoms with Crippen LogP contribution in [0.3, 0.4) is 0 Å². The largest absolute Gasteiger partial charge is 0.372 e. The van der Waals surface area contributed by atoms with E-state index in [0.29, 0.717) is 6.61 Å². The SMILES string of the molecule is CCC(C)(C)OCC(C#N)(NC(C)C)c1ccccc1. The molecule has 3 nitrogen and oxygen atoms in total. The van der Waals surface area contributed by atoms with Gasteiger partial charge in [-0.3, -0.25) is 5.32 Å². The summed E-state index contributed by atoms with van der Waals surface area (Å²) in [5.41, 5.74) is -0.0830. The van der Waals surface area contributed by atoms with Gasteiger partial charge in [-0.05, 0) is 39.7 Å². The molecule has 0 spiro atoms. The molecule has 0 aliphatic rings. The smallest absolute Gasteiger partial charge is 0.156 e. The van der Waals surface area contributed by atoms with Crippen LogP contribution in [0.1, 0.15) is 46.6 Å². The molecule has 0 radical (unpaired) electrons. The Bertz CT molecular complexity index is 448. The summed E-state index contributed by atoms with van der Waals surface area (Å²) in [6, 6.07) is 12.4. The second kappa shape index (κ2) is 6.88. The summed E-state index contributed by atoms with van der Waals surface area (Å²) in [5.74, 6) is 0. The van der Waals surface area contributed by atoms with Crippen LogP contribution < -0.4 is 5.32 Å². The van der Waals surface area contributed by atoms with E-state index in [0.717, 1.165) is 12.0 Å². The van der Waals surface area contributed by atoms with Gasteiger partial charge in [0.1, 0.15) is 0 Å². The van der Waals surface area contributed by atoms with Crippen molar-refractivity contribution in [2.75, 3.05) is 6.61 Å². The molecule has 1 N–H and O–H groups in total. The van der Waals surface area contributed by atoms with Crippen LogP contribution in [0, 0.1) is 11.3 Å². The molecule has 0 aromatic heterocycles. The second-order valence-electron chi connectivity index (χ2n) is 6.08. The Hall–Kier alpha value is -1.37. The molecular formula is C17H26N2O. The second-order valence-corrected chi connectivity index (χ2v) is 6.08. The molecular weight excluding hydrogens is 248 g/mol. The molecule has 1 unspecified atom stereocenters. The van der Waals surface area contributed by atoms with E-state index in [1.165, 1.54) is 0 Å². The molecule has 110 valence electrons. The maximum Gasteiger partial charge on any atom is 0.156 e. The normalized spacial score (nSPS) is 14.8. The van der Waals surface area contributed by atoms with Gasteiger partial charge in [-0.1, -0.05) is 37.3 Å². The Morgan fingerprint density at radius 2 is 1.85 bits per heavy atom. The van der Waals surface area contributed by atoms with E-state index in [-0.39, 0.29) is 11.6 Å². The number of nitrogens with zero attached hydrogens (tertiary/aromatic N) is 1. The van der Waals surface area contributed by atoms with Crippen molar-refractivity contribution in [3.8, 4) is 6.07 Å². The van der Waals surface area contributed by atoms with Crippen LogP contribution in [0.15, 0.2) is 30.3 Å². The van der Waals surface area contributed by atoms with Gasteiger partial charge in [-0.25, -0.2) is 0 Å². The number of nitrogens with one attached hydrogen (secondary N) is 1. The zero-order valence-electron chi connectivity index (χ0n) is 13.2. The minimum Gasteiger partial charge on any atom is -0.372 e. The molecule has 1 rings (SSSR count). The number of ether oxygens (including phenoxy) is 1. The van der Waals surface area contributed by atoms with Crippen molar-refractivity contribution in [1.29, 1.82) is 5.26 Å². The molecule has 0 saturated carbocycles. The predicted molar refractivity (Wildman–Crippen MR) is 82.3 cm³/mol. The van der Waals surface area contributed by atoms with Crippen molar-refractivity contribution >= 4 is 0 Å². The van der Waals surface area contributed by atoms with Crippen LogP contribution in [-0.4, -0.2) is 18.2 Å². The summed E-state index contributed by atoms with van der Waals surface area (Å²) in [4.78, 5) is 0. The van der Waals surface area contributed by atoms with Crippen LogP contribution in [0.4, 0.5) is 0 Å². The van der Waals surface area contributed by atoms with Crippen LogP contribution in [-0.2, 0) is 10.3 Å². The van der Waals surface area contributed by atoms with Gasteiger partial charge in [0.25, 0.3) is 0 Å². The molecule has 3 heteroatoms. The maximum atomic E-state index is 9.76. The molecule has 0 aliphatic heterocycles. The first kappa shape index (κ1) is 16.7. The molecule has 1 atom stereocenters. The molecule has 1 aromatic carbocycles. The van der Waals surface area contributed by atoms with E-state index >= 15 is 0 Å². The molecule has 1 aromatic rings. The number of benzene rings is 1. The average Bonchev–Trinajstić information content (AvgIpc) is 2.44. The fourth-order valence-electron chi connectivity index (χ4n) is 1.96. The molecule has 0 fully saturated rings. The summed E-state index contributed by atoms with van der Waals surface area (Å²) in [5, 5.41) is 13.1. The van der Waals surface area contributed by atoms with E-state index in [4.69, 9.17) is 4.74 Å². The Morgan fingerprint density at radius 1 is 1.25 bits per heavy atom. The first-order chi connectivity index (χ1) is 9.35. The van der Waals surface area contributed by atoms with Crippen molar-refractivity contribution in [2.24, 2.45) is 0 Å². The lowest BCUT2D eigenvalue weighted by atomic mass is 9.91. The van der Waals surface area contributed by atoms with Gasteiger partial charge in [0.2, 0.25) is 0 Å². The van der Waals surface area contributed by atoms with E-state index in [1.54, 1.807) is 0 Å². The number of nitriles is 1. The molecule has 0 aliphatic carbocycles. The number of hydrogen-bond donors (Lipinski definition) is 1. The lowest BCUT2D eigenvalue weighted by molar-refractivity contribution is -0.0433. The third kappa shape index (κ3) is 4.33. The Kier molecular flexibility index (Phi) is 5.74. The molecule has 0 heterocycles. The lowest BCUT2D eigenvalue weighted by Crippen LogP contribution is -2.50. The zero-order chi connectivity index (χ0) is 15.2. The summed E-state index contributed by atoms with van der Waals surface area (Å²) in [7, 11) is 0. The highest BCUT2D eigenvalue weighted by Crippen LogP contribution is 2.25. The monoisotopic (exact) mass is 274 g/mol. The zero-order valence-corrected chi connectivity index (χ0v) is 13.2. The fraction of sp³-hybridized carbons (Fsp3) is 0.588. The Labute approximate surface area is 123 Å². The van der Waals surface area contributed by atoms with Gasteiger partial charge in [-0.2, -0.15) is 5.26 Å². The average molecular weight is 274 g/mol. The van der Waals surface area contributed by atoms with Crippen LogP contribution in [0.25, 0.3) is 0 Å². The van der Waals surface area contributed by atoms with E-state index in [2.05, 4.69) is 32.2 Å². The van der Waals surface area contributed by atoms with Gasteiger partial charge in [0, 0.05) is 6.04 Å². The van der Waals surface area contributed by atoms with E-state index < -0.39 is 5.54 Å². The quantitative estimate of drug-likeness (QED) is 0.826. The van der Waals surface area contributed by atoms with Gasteiger partial charge < -0.3 is 4.74 Å². The third-order valence-electron chi connectivity index (χ3n) is 3.52. The molecule has 0 bridgehead atoms. The van der Waals surface area contributed by atoms with E-state index in [1.807, 2.05) is 44.2 Å². The predicted octanol–water partition coefficient (Wildman–Crippen LogP) is 3.61. The van der Waals surface area contributed by atoms with Crippen molar-refractivity contribution in [2.45, 2.75) is 58.2 Å². The topological polar surface area (TPSA) is 45.0 Å².